The molecule has 0 spiro atoms. The molecule has 2 fully saturated rings. The Morgan fingerprint density at radius 2 is 1.33 bits per heavy atom. The van der Waals surface area contributed by atoms with Gasteiger partial charge in [-0.05, 0) is 30.4 Å². The van der Waals surface area contributed by atoms with Crippen LogP contribution < -0.4 is 0 Å². The van der Waals surface area contributed by atoms with Gasteiger partial charge in [0.1, 0.15) is 24.4 Å². The van der Waals surface area contributed by atoms with Gasteiger partial charge in [0.25, 0.3) is 0 Å². The van der Waals surface area contributed by atoms with E-state index in [1.807, 2.05) is 36.4 Å². The van der Waals surface area contributed by atoms with E-state index in [4.69, 9.17) is 18.9 Å². The van der Waals surface area contributed by atoms with Gasteiger partial charge in [-0.25, -0.2) is 0 Å². The summed E-state index contributed by atoms with van der Waals surface area (Å²) in [6, 6.07) is 16.1. The van der Waals surface area contributed by atoms with Crippen molar-refractivity contribution in [1.82, 2.24) is 0 Å². The van der Waals surface area contributed by atoms with Gasteiger partial charge in [0, 0.05) is 11.1 Å². The summed E-state index contributed by atoms with van der Waals surface area (Å²) in [4.78, 5) is 0. The normalized spacial score (nSPS) is 30.4. The topological polar surface area (TPSA) is 77.4 Å². The Balaban J connectivity index is 1.63. The van der Waals surface area contributed by atoms with Crippen molar-refractivity contribution >= 4 is 0 Å². The quantitative estimate of drug-likeness (QED) is 0.587. The van der Waals surface area contributed by atoms with Crippen LogP contribution in [0.3, 0.4) is 0 Å². The fourth-order valence-corrected chi connectivity index (χ4v) is 4.43. The highest BCUT2D eigenvalue weighted by molar-refractivity contribution is 5.25. The number of hydrogen-bond donors (Lipinski definition) is 2. The molecule has 0 aromatic heterocycles. The van der Waals surface area contributed by atoms with Crippen LogP contribution in [0.25, 0.3) is 0 Å². The van der Waals surface area contributed by atoms with Crippen molar-refractivity contribution in [3.05, 3.63) is 83.4 Å². The number of benzene rings is 2. The molecule has 0 amide bonds. The van der Waals surface area contributed by atoms with E-state index in [1.54, 1.807) is 6.08 Å². The van der Waals surface area contributed by atoms with Crippen LogP contribution in [0.5, 0.6) is 0 Å². The molecular formula is C27H34O6. The van der Waals surface area contributed by atoms with E-state index in [0.717, 1.165) is 24.0 Å². The molecule has 0 bridgehead atoms. The van der Waals surface area contributed by atoms with Gasteiger partial charge in [0.05, 0.1) is 12.7 Å². The molecule has 33 heavy (non-hydrogen) atoms. The Labute approximate surface area is 195 Å². The van der Waals surface area contributed by atoms with Crippen molar-refractivity contribution in [3.63, 3.8) is 0 Å². The summed E-state index contributed by atoms with van der Waals surface area (Å²) in [7, 11) is 0. The second-order valence-electron chi connectivity index (χ2n) is 8.61. The predicted octanol–water partition coefficient (Wildman–Crippen LogP) is 4.01. The maximum absolute atomic E-state index is 10.6. The third-order valence-corrected chi connectivity index (χ3v) is 6.44. The zero-order valence-corrected chi connectivity index (χ0v) is 19.3. The standard InChI is InChI=1S/C27H34O6/c1-4-7-22-24-25(33-26(30-22)19-12-8-17(5-2)9-13-19)23(21(29)16-28)31-27(32-24)20-14-10-18(6-3)11-15-20/h4,8-15,21-29H,1,5-7,16H2,2-3H3. The third kappa shape index (κ3) is 5.22. The van der Waals surface area contributed by atoms with Crippen LogP contribution in [0, 0.1) is 0 Å². The van der Waals surface area contributed by atoms with Gasteiger partial charge in [0.2, 0.25) is 0 Å². The van der Waals surface area contributed by atoms with E-state index in [9.17, 15) is 10.2 Å². The number of fused-ring (bicyclic) bond motifs is 1. The second-order valence-corrected chi connectivity index (χ2v) is 8.61. The van der Waals surface area contributed by atoms with Crippen LogP contribution in [0.15, 0.2) is 61.2 Å². The van der Waals surface area contributed by atoms with E-state index < -0.39 is 43.6 Å². The predicted molar refractivity (Wildman–Crippen MR) is 125 cm³/mol. The lowest BCUT2D eigenvalue weighted by atomic mass is 9.93. The van der Waals surface area contributed by atoms with Gasteiger partial charge in [-0.1, -0.05) is 68.5 Å². The Kier molecular flexibility index (Phi) is 7.96. The first-order valence-corrected chi connectivity index (χ1v) is 11.8. The third-order valence-electron chi connectivity index (χ3n) is 6.44. The highest BCUT2D eigenvalue weighted by atomic mass is 16.8. The second kappa shape index (κ2) is 10.9. The summed E-state index contributed by atoms with van der Waals surface area (Å²) < 4.78 is 25.2. The van der Waals surface area contributed by atoms with Crippen molar-refractivity contribution in [3.8, 4) is 0 Å². The van der Waals surface area contributed by atoms with E-state index in [1.165, 1.54) is 11.1 Å². The monoisotopic (exact) mass is 454 g/mol. The van der Waals surface area contributed by atoms with Crippen molar-refractivity contribution in [1.29, 1.82) is 0 Å². The molecule has 6 nitrogen and oxygen atoms in total. The van der Waals surface area contributed by atoms with Crippen LogP contribution in [0.2, 0.25) is 0 Å². The molecule has 2 aliphatic rings. The molecule has 2 aliphatic heterocycles. The molecular weight excluding hydrogens is 420 g/mol. The first-order valence-electron chi connectivity index (χ1n) is 11.8. The van der Waals surface area contributed by atoms with Crippen molar-refractivity contribution in [2.24, 2.45) is 0 Å². The van der Waals surface area contributed by atoms with E-state index in [-0.39, 0.29) is 6.10 Å². The largest absolute Gasteiger partial charge is 0.394 e. The van der Waals surface area contributed by atoms with Crippen molar-refractivity contribution in [2.45, 2.75) is 76.2 Å². The number of aliphatic hydroxyl groups is 2. The van der Waals surface area contributed by atoms with Crippen molar-refractivity contribution in [2.75, 3.05) is 6.61 Å². The zero-order valence-electron chi connectivity index (χ0n) is 19.3. The van der Waals surface area contributed by atoms with Crippen LogP contribution in [0.1, 0.15) is 55.1 Å². The lowest BCUT2D eigenvalue weighted by Gasteiger charge is -2.50. The number of aliphatic hydroxyl groups excluding tert-OH is 2. The van der Waals surface area contributed by atoms with Crippen molar-refractivity contribution < 1.29 is 29.2 Å². The van der Waals surface area contributed by atoms with Crippen LogP contribution in [-0.4, -0.2) is 47.3 Å². The number of hydrogen-bond acceptors (Lipinski definition) is 6. The van der Waals surface area contributed by atoms with Crippen LogP contribution in [-0.2, 0) is 31.8 Å². The van der Waals surface area contributed by atoms with Gasteiger partial charge >= 0.3 is 0 Å². The Hall–Kier alpha value is -2.06. The molecule has 4 rings (SSSR count). The highest BCUT2D eigenvalue weighted by Gasteiger charge is 2.51. The maximum atomic E-state index is 10.6. The molecule has 7 unspecified atom stereocenters. The molecule has 2 heterocycles. The summed E-state index contributed by atoms with van der Waals surface area (Å²) in [5.41, 5.74) is 4.17. The van der Waals surface area contributed by atoms with E-state index in [0.29, 0.717) is 6.42 Å². The molecule has 0 saturated carbocycles. The highest BCUT2D eigenvalue weighted by Crippen LogP contribution is 2.42. The first kappa shape index (κ1) is 24.1. The van der Waals surface area contributed by atoms with E-state index in [2.05, 4.69) is 32.6 Å². The summed E-state index contributed by atoms with van der Waals surface area (Å²) in [5.74, 6) is 0. The summed E-state index contributed by atoms with van der Waals surface area (Å²) in [5, 5.41) is 20.4. The lowest BCUT2D eigenvalue weighted by molar-refractivity contribution is -0.390. The van der Waals surface area contributed by atoms with Crippen LogP contribution >= 0.6 is 0 Å². The summed E-state index contributed by atoms with van der Waals surface area (Å²) in [6.07, 6.45) is -0.460. The summed E-state index contributed by atoms with van der Waals surface area (Å²) >= 11 is 0. The SMILES string of the molecule is C=CCC1OC(c2ccc(CC)cc2)OC2C(C(O)CO)OC(c3ccc(CC)cc3)OC12. The fraction of sp³-hybridized carbons (Fsp3) is 0.481. The van der Waals surface area contributed by atoms with E-state index >= 15 is 0 Å². The summed E-state index contributed by atoms with van der Waals surface area (Å²) in [6.45, 7) is 7.65. The zero-order chi connectivity index (χ0) is 23.4. The fourth-order valence-electron chi connectivity index (χ4n) is 4.43. The Bertz CT molecular complexity index is 896. The average molecular weight is 455 g/mol. The molecule has 6 heteroatoms. The molecule has 0 aliphatic carbocycles. The molecule has 7 atom stereocenters. The Morgan fingerprint density at radius 1 is 0.818 bits per heavy atom. The smallest absolute Gasteiger partial charge is 0.184 e. The molecule has 2 aromatic carbocycles. The van der Waals surface area contributed by atoms with Gasteiger partial charge < -0.3 is 29.2 Å². The number of rotatable bonds is 8. The minimum Gasteiger partial charge on any atom is -0.394 e. The molecule has 2 aromatic rings. The minimum absolute atomic E-state index is 0.341. The molecule has 0 radical (unpaired) electrons. The number of ether oxygens (including phenoxy) is 4. The van der Waals surface area contributed by atoms with Gasteiger partial charge in [-0.3, -0.25) is 0 Å². The van der Waals surface area contributed by atoms with Crippen LogP contribution in [0.4, 0.5) is 0 Å². The molecule has 2 saturated heterocycles. The van der Waals surface area contributed by atoms with Gasteiger partial charge in [0.15, 0.2) is 12.6 Å². The number of aryl methyl sites for hydroxylation is 2. The maximum Gasteiger partial charge on any atom is 0.184 e. The van der Waals surface area contributed by atoms with Gasteiger partial charge in [-0.15, -0.1) is 6.58 Å². The molecule has 178 valence electrons. The lowest BCUT2D eigenvalue weighted by Crippen LogP contribution is -2.61. The average Bonchev–Trinajstić information content (AvgIpc) is 2.87. The minimum atomic E-state index is -1.12. The molecule has 2 N–H and O–H groups in total. The van der Waals surface area contributed by atoms with Gasteiger partial charge in [-0.2, -0.15) is 0 Å². The Morgan fingerprint density at radius 3 is 1.82 bits per heavy atom. The first-order chi connectivity index (χ1) is 16.1.